The molecule has 1 aromatic carbocycles. The second kappa shape index (κ2) is 6.33. The lowest BCUT2D eigenvalue weighted by Gasteiger charge is -2.47. The van der Waals surface area contributed by atoms with Crippen LogP contribution in [-0.4, -0.2) is 41.7 Å². The summed E-state index contributed by atoms with van der Waals surface area (Å²) in [6, 6.07) is 6.01. The maximum atomic E-state index is 6.30. The van der Waals surface area contributed by atoms with Crippen molar-refractivity contribution in [2.24, 2.45) is 0 Å². The number of fused-ring (bicyclic) bond motifs is 3. The third-order valence-electron chi connectivity index (χ3n) is 5.27. The molecule has 6 nitrogen and oxygen atoms in total. The minimum absolute atomic E-state index is 0.0257. The Morgan fingerprint density at radius 1 is 1.38 bits per heavy atom. The zero-order valence-corrected chi connectivity index (χ0v) is 15.8. The second-order valence-corrected chi connectivity index (χ2v) is 7.91. The van der Waals surface area contributed by atoms with Crippen molar-refractivity contribution in [3.63, 3.8) is 0 Å². The average molecular weight is 370 g/mol. The number of thiazole rings is 1. The minimum atomic E-state index is -0.0257. The molecule has 1 N–H and O–H groups in total. The van der Waals surface area contributed by atoms with Crippen molar-refractivity contribution < 1.29 is 9.15 Å². The Morgan fingerprint density at radius 2 is 2.19 bits per heavy atom. The quantitative estimate of drug-likeness (QED) is 0.740. The lowest BCUT2D eigenvalue weighted by Crippen LogP contribution is -2.67. The number of piperidine rings is 1. The number of rotatable bonds is 5. The van der Waals surface area contributed by atoms with Crippen LogP contribution in [0.5, 0.6) is 0 Å². The molecule has 2 aromatic heterocycles. The van der Waals surface area contributed by atoms with Crippen molar-refractivity contribution >= 4 is 28.5 Å². The van der Waals surface area contributed by atoms with Gasteiger partial charge in [0.05, 0.1) is 11.7 Å². The molecule has 7 heteroatoms. The van der Waals surface area contributed by atoms with Crippen LogP contribution in [0.3, 0.4) is 0 Å². The summed E-state index contributed by atoms with van der Waals surface area (Å²) in [5.74, 6) is 0. The topological polar surface area (TPSA) is 63.4 Å². The molecule has 0 saturated carbocycles. The van der Waals surface area contributed by atoms with Crippen LogP contribution in [0.2, 0.25) is 0 Å². The smallest absolute Gasteiger partial charge is 0.298 e. The molecular formula is C19H22N4O2S. The van der Waals surface area contributed by atoms with Crippen molar-refractivity contribution in [2.45, 2.75) is 38.5 Å². The highest BCUT2D eigenvalue weighted by atomic mass is 32.1. The van der Waals surface area contributed by atoms with Crippen molar-refractivity contribution in [3.05, 3.63) is 29.3 Å². The van der Waals surface area contributed by atoms with Crippen LogP contribution in [0.1, 0.15) is 31.9 Å². The van der Waals surface area contributed by atoms with E-state index in [0.29, 0.717) is 24.7 Å². The molecule has 0 aliphatic carbocycles. The molecule has 3 aliphatic heterocycles. The van der Waals surface area contributed by atoms with E-state index in [4.69, 9.17) is 14.1 Å². The molecule has 0 spiro atoms. The van der Waals surface area contributed by atoms with Gasteiger partial charge in [-0.2, -0.15) is 4.98 Å². The van der Waals surface area contributed by atoms with E-state index in [9.17, 15) is 0 Å². The third-order valence-corrected chi connectivity index (χ3v) is 6.08. The first-order chi connectivity index (χ1) is 12.7. The normalized spacial score (nSPS) is 23.2. The SMILES string of the molecule is CCOC(C)c1ccc(-c2nccs2)c2oc(N3CC4CC(C3)N4)nc12. The van der Waals surface area contributed by atoms with Gasteiger partial charge >= 0.3 is 0 Å². The van der Waals surface area contributed by atoms with Crippen molar-refractivity contribution in [1.82, 2.24) is 15.3 Å². The monoisotopic (exact) mass is 370 g/mol. The summed E-state index contributed by atoms with van der Waals surface area (Å²) in [7, 11) is 0. The minimum Gasteiger partial charge on any atom is -0.423 e. The summed E-state index contributed by atoms with van der Waals surface area (Å²) >= 11 is 1.61. The molecular weight excluding hydrogens is 348 g/mol. The molecule has 3 aliphatic rings. The summed E-state index contributed by atoms with van der Waals surface area (Å²) in [5.41, 5.74) is 3.77. The van der Waals surface area contributed by atoms with Gasteiger partial charge in [-0.05, 0) is 26.3 Å². The molecule has 3 saturated heterocycles. The number of nitrogens with one attached hydrogen (secondary N) is 1. The van der Waals surface area contributed by atoms with Gasteiger partial charge in [-0.15, -0.1) is 11.3 Å². The Morgan fingerprint density at radius 3 is 2.88 bits per heavy atom. The number of oxazole rings is 1. The lowest BCUT2D eigenvalue weighted by molar-refractivity contribution is 0.0773. The molecule has 5 heterocycles. The van der Waals surface area contributed by atoms with Crippen LogP contribution in [0.15, 0.2) is 28.1 Å². The molecule has 3 atom stereocenters. The molecule has 0 radical (unpaired) electrons. The molecule has 136 valence electrons. The first-order valence-electron chi connectivity index (χ1n) is 9.19. The number of piperazine rings is 1. The fraction of sp³-hybridized carbons (Fsp3) is 0.474. The second-order valence-electron chi connectivity index (χ2n) is 7.01. The summed E-state index contributed by atoms with van der Waals surface area (Å²) in [4.78, 5) is 11.6. The lowest BCUT2D eigenvalue weighted by atomic mass is 9.92. The van der Waals surface area contributed by atoms with E-state index >= 15 is 0 Å². The fourth-order valence-electron chi connectivity index (χ4n) is 4.01. The first-order valence-corrected chi connectivity index (χ1v) is 10.1. The number of hydrogen-bond acceptors (Lipinski definition) is 7. The molecule has 2 bridgehead atoms. The first kappa shape index (κ1) is 16.2. The van der Waals surface area contributed by atoms with Gasteiger partial charge in [-0.25, -0.2) is 4.98 Å². The highest BCUT2D eigenvalue weighted by Crippen LogP contribution is 2.38. The number of hydrogen-bond donors (Lipinski definition) is 1. The predicted octanol–water partition coefficient (Wildman–Crippen LogP) is 3.60. The number of aromatic nitrogens is 2. The number of nitrogens with zero attached hydrogens (tertiary/aromatic N) is 3. The van der Waals surface area contributed by atoms with Crippen molar-refractivity contribution in [3.8, 4) is 10.6 Å². The van der Waals surface area contributed by atoms with E-state index in [1.54, 1.807) is 11.3 Å². The van der Waals surface area contributed by atoms with Gasteiger partial charge in [0, 0.05) is 48.9 Å². The predicted molar refractivity (Wildman–Crippen MR) is 103 cm³/mol. The van der Waals surface area contributed by atoms with E-state index < -0.39 is 0 Å². The fourth-order valence-corrected chi connectivity index (χ4v) is 4.67. The molecule has 3 unspecified atom stereocenters. The maximum absolute atomic E-state index is 6.30. The Labute approximate surface area is 156 Å². The average Bonchev–Trinajstić information content (AvgIpc) is 3.30. The summed E-state index contributed by atoms with van der Waals surface area (Å²) in [6.07, 6.45) is 3.06. The van der Waals surface area contributed by atoms with E-state index in [-0.39, 0.29) is 6.10 Å². The number of benzene rings is 1. The number of anilines is 1. The third kappa shape index (κ3) is 2.62. The Bertz CT molecular complexity index is 907. The van der Waals surface area contributed by atoms with E-state index in [2.05, 4.69) is 34.3 Å². The molecule has 6 rings (SSSR count). The van der Waals surface area contributed by atoms with Gasteiger partial charge in [-0.1, -0.05) is 6.07 Å². The van der Waals surface area contributed by atoms with Gasteiger partial charge in [0.2, 0.25) is 0 Å². The van der Waals surface area contributed by atoms with Gasteiger partial charge < -0.3 is 19.4 Å². The van der Waals surface area contributed by atoms with Crippen LogP contribution < -0.4 is 10.2 Å². The standard InChI is InChI=1S/C19H22N4O2S/c1-3-24-11(2)14-4-5-15(18-20-6-7-26-18)17-16(14)22-19(25-17)23-9-12-8-13(10-23)21-12/h4-7,11-13,21H,3,8-10H2,1-2H3. The van der Waals surface area contributed by atoms with Gasteiger partial charge in [0.25, 0.3) is 6.01 Å². The van der Waals surface area contributed by atoms with Crippen LogP contribution >= 0.6 is 11.3 Å². The highest BCUT2D eigenvalue weighted by molar-refractivity contribution is 7.13. The molecule has 3 fully saturated rings. The molecule has 3 aromatic rings. The highest BCUT2D eigenvalue weighted by Gasteiger charge is 2.38. The van der Waals surface area contributed by atoms with Crippen LogP contribution in [0, 0.1) is 0 Å². The van der Waals surface area contributed by atoms with E-state index in [1.807, 2.05) is 18.5 Å². The van der Waals surface area contributed by atoms with Gasteiger partial charge in [0.15, 0.2) is 5.58 Å². The van der Waals surface area contributed by atoms with Crippen LogP contribution in [-0.2, 0) is 4.74 Å². The van der Waals surface area contributed by atoms with Gasteiger partial charge in [0.1, 0.15) is 10.5 Å². The van der Waals surface area contributed by atoms with Crippen LogP contribution in [0.4, 0.5) is 6.01 Å². The summed E-state index contributed by atoms with van der Waals surface area (Å²) in [6.45, 7) is 6.65. The Hall–Kier alpha value is -1.96. The van der Waals surface area contributed by atoms with Crippen LogP contribution in [0.25, 0.3) is 21.7 Å². The van der Waals surface area contributed by atoms with E-state index in [0.717, 1.165) is 40.3 Å². The Balaban J connectivity index is 1.62. The Kier molecular flexibility index (Phi) is 3.95. The zero-order chi connectivity index (χ0) is 17.7. The van der Waals surface area contributed by atoms with Crippen molar-refractivity contribution in [1.29, 1.82) is 0 Å². The number of ether oxygens (including phenoxy) is 1. The largest absolute Gasteiger partial charge is 0.423 e. The zero-order valence-electron chi connectivity index (χ0n) is 14.9. The van der Waals surface area contributed by atoms with Gasteiger partial charge in [-0.3, -0.25) is 0 Å². The molecule has 0 amide bonds. The maximum Gasteiger partial charge on any atom is 0.298 e. The van der Waals surface area contributed by atoms with E-state index in [1.165, 1.54) is 6.42 Å². The van der Waals surface area contributed by atoms with Crippen molar-refractivity contribution in [2.75, 3.05) is 24.6 Å². The summed E-state index contributed by atoms with van der Waals surface area (Å²) in [5, 5.41) is 6.49. The summed E-state index contributed by atoms with van der Waals surface area (Å²) < 4.78 is 12.1. The molecule has 26 heavy (non-hydrogen) atoms.